The van der Waals surface area contributed by atoms with Gasteiger partial charge in [0.05, 0.1) is 24.9 Å². The molecule has 0 unspecified atom stereocenters. The van der Waals surface area contributed by atoms with Gasteiger partial charge in [-0.05, 0) is 25.9 Å². The molecule has 5 heteroatoms. The number of piperidine rings is 1. The molecular weight excluding hydrogens is 206 g/mol. The Labute approximate surface area is 93.8 Å². The highest BCUT2D eigenvalue weighted by Crippen LogP contribution is 2.18. The minimum atomic E-state index is 0.171. The van der Waals surface area contributed by atoms with Gasteiger partial charge in [-0.1, -0.05) is 0 Å². The van der Waals surface area contributed by atoms with E-state index < -0.39 is 0 Å². The maximum absolute atomic E-state index is 12.2. The molecule has 0 spiro atoms. The zero-order valence-corrected chi connectivity index (χ0v) is 9.29. The monoisotopic (exact) mass is 223 g/mol. The van der Waals surface area contributed by atoms with E-state index in [4.69, 9.17) is 4.74 Å². The molecule has 1 fully saturated rings. The molecule has 2 N–H and O–H groups in total. The lowest BCUT2D eigenvalue weighted by Gasteiger charge is -2.22. The maximum Gasteiger partial charge on any atom is 0.270 e. The third-order valence-corrected chi connectivity index (χ3v) is 3.51. The molecule has 3 rings (SSSR count). The van der Waals surface area contributed by atoms with Crippen molar-refractivity contribution in [3.63, 3.8) is 0 Å². The molecule has 0 radical (unpaired) electrons. The molecule has 0 amide bonds. The highest BCUT2D eigenvalue weighted by atomic mass is 16.5. The molecule has 88 valence electrons. The average molecular weight is 223 g/mol. The van der Waals surface area contributed by atoms with E-state index in [1.807, 2.05) is 4.68 Å². The third-order valence-electron chi connectivity index (χ3n) is 3.51. The van der Waals surface area contributed by atoms with Crippen LogP contribution in [0.4, 0.5) is 0 Å². The first-order valence-electron chi connectivity index (χ1n) is 5.97. The van der Waals surface area contributed by atoms with Gasteiger partial charge in [0, 0.05) is 12.0 Å². The minimum absolute atomic E-state index is 0.171. The predicted molar refractivity (Wildman–Crippen MR) is 59.6 cm³/mol. The van der Waals surface area contributed by atoms with E-state index in [2.05, 4.69) is 10.4 Å². The number of nitrogens with one attached hydrogen (secondary N) is 2. The van der Waals surface area contributed by atoms with Gasteiger partial charge in [-0.15, -0.1) is 0 Å². The van der Waals surface area contributed by atoms with E-state index in [9.17, 15) is 4.79 Å². The fraction of sp³-hybridized carbons (Fsp3) is 0.727. The van der Waals surface area contributed by atoms with Crippen molar-refractivity contribution in [3.05, 3.63) is 21.6 Å². The van der Waals surface area contributed by atoms with Gasteiger partial charge in [-0.3, -0.25) is 9.89 Å². The van der Waals surface area contributed by atoms with Crippen LogP contribution in [-0.4, -0.2) is 29.5 Å². The number of rotatable bonds is 1. The van der Waals surface area contributed by atoms with Crippen molar-refractivity contribution in [1.82, 2.24) is 15.1 Å². The van der Waals surface area contributed by atoms with E-state index in [-0.39, 0.29) is 5.56 Å². The Morgan fingerprint density at radius 3 is 2.88 bits per heavy atom. The molecule has 5 nitrogen and oxygen atoms in total. The summed E-state index contributed by atoms with van der Waals surface area (Å²) < 4.78 is 7.18. The van der Waals surface area contributed by atoms with E-state index >= 15 is 0 Å². The highest BCUT2D eigenvalue weighted by molar-refractivity contribution is 5.19. The van der Waals surface area contributed by atoms with Crippen LogP contribution in [0, 0.1) is 0 Å². The molecule has 1 aromatic rings. The van der Waals surface area contributed by atoms with Gasteiger partial charge in [0.15, 0.2) is 0 Å². The molecule has 3 heterocycles. The van der Waals surface area contributed by atoms with Crippen LogP contribution in [0.5, 0.6) is 0 Å². The summed E-state index contributed by atoms with van der Waals surface area (Å²) in [7, 11) is 0. The number of hydrogen-bond acceptors (Lipinski definition) is 3. The number of hydrogen-bond donors (Lipinski definition) is 2. The quantitative estimate of drug-likeness (QED) is 0.713. The van der Waals surface area contributed by atoms with Crippen molar-refractivity contribution >= 4 is 0 Å². The van der Waals surface area contributed by atoms with Gasteiger partial charge in [0.1, 0.15) is 0 Å². The maximum atomic E-state index is 12.2. The first-order valence-corrected chi connectivity index (χ1v) is 5.97. The number of aromatic nitrogens is 2. The second-order valence-corrected chi connectivity index (χ2v) is 4.53. The number of aromatic amines is 1. The molecule has 0 saturated carbocycles. The Morgan fingerprint density at radius 1 is 1.31 bits per heavy atom. The van der Waals surface area contributed by atoms with Crippen LogP contribution in [0.25, 0.3) is 0 Å². The number of fused-ring (bicyclic) bond motifs is 1. The molecule has 0 aromatic carbocycles. The molecule has 1 saturated heterocycles. The normalized spacial score (nSPS) is 22.0. The Hall–Kier alpha value is -1.07. The lowest BCUT2D eigenvalue weighted by atomic mass is 10.1. The summed E-state index contributed by atoms with van der Waals surface area (Å²) in [4.78, 5) is 12.2. The van der Waals surface area contributed by atoms with Crippen LogP contribution >= 0.6 is 0 Å². The fourth-order valence-electron chi connectivity index (χ4n) is 2.59. The fourth-order valence-corrected chi connectivity index (χ4v) is 2.59. The highest BCUT2D eigenvalue weighted by Gasteiger charge is 2.23. The molecule has 0 bridgehead atoms. The van der Waals surface area contributed by atoms with Crippen molar-refractivity contribution in [3.8, 4) is 0 Å². The standard InChI is InChI=1S/C11H17N3O2/c15-11-9-3-6-16-7-10(9)13-14(11)8-1-4-12-5-2-8/h8,12-13H,1-7H2. The van der Waals surface area contributed by atoms with Crippen LogP contribution in [-0.2, 0) is 17.8 Å². The molecule has 0 atom stereocenters. The molecule has 1 aromatic heterocycles. The number of H-pyrrole nitrogens is 1. The lowest BCUT2D eigenvalue weighted by molar-refractivity contribution is 0.107. The van der Waals surface area contributed by atoms with Gasteiger partial charge in [0.25, 0.3) is 5.56 Å². The zero-order chi connectivity index (χ0) is 11.0. The van der Waals surface area contributed by atoms with Crippen LogP contribution in [0.1, 0.15) is 30.1 Å². The van der Waals surface area contributed by atoms with Crippen molar-refractivity contribution in [2.75, 3.05) is 19.7 Å². The number of ether oxygens (including phenoxy) is 1. The smallest absolute Gasteiger partial charge is 0.270 e. The van der Waals surface area contributed by atoms with Gasteiger partial charge >= 0.3 is 0 Å². The van der Waals surface area contributed by atoms with Crippen molar-refractivity contribution < 1.29 is 4.74 Å². The Kier molecular flexibility index (Phi) is 2.57. The molecule has 0 aliphatic carbocycles. The second kappa shape index (κ2) is 4.07. The van der Waals surface area contributed by atoms with Crippen LogP contribution in [0.2, 0.25) is 0 Å². The zero-order valence-electron chi connectivity index (χ0n) is 9.29. The third kappa shape index (κ3) is 1.60. The Morgan fingerprint density at radius 2 is 2.12 bits per heavy atom. The van der Waals surface area contributed by atoms with E-state index in [0.29, 0.717) is 19.3 Å². The SMILES string of the molecule is O=c1c2c([nH]n1C1CCNCC1)COCC2. The molecule has 2 aliphatic rings. The average Bonchev–Trinajstić information content (AvgIpc) is 2.69. The van der Waals surface area contributed by atoms with Crippen LogP contribution in [0.3, 0.4) is 0 Å². The van der Waals surface area contributed by atoms with Crippen molar-refractivity contribution in [2.45, 2.75) is 31.9 Å². The summed E-state index contributed by atoms with van der Waals surface area (Å²) in [5.74, 6) is 0. The van der Waals surface area contributed by atoms with Gasteiger partial charge < -0.3 is 10.1 Å². The van der Waals surface area contributed by atoms with E-state index in [1.165, 1.54) is 0 Å². The molecular formula is C11H17N3O2. The predicted octanol–water partition coefficient (Wildman–Crippen LogP) is 0.174. The summed E-state index contributed by atoms with van der Waals surface area (Å²) in [6.07, 6.45) is 2.81. The Bertz CT molecular complexity index is 429. The van der Waals surface area contributed by atoms with Crippen molar-refractivity contribution in [2.24, 2.45) is 0 Å². The summed E-state index contributed by atoms with van der Waals surface area (Å²) >= 11 is 0. The van der Waals surface area contributed by atoms with Gasteiger partial charge in [0.2, 0.25) is 0 Å². The first-order chi connectivity index (χ1) is 7.86. The largest absolute Gasteiger partial charge is 0.375 e. The lowest BCUT2D eigenvalue weighted by Crippen LogP contribution is -2.34. The van der Waals surface area contributed by atoms with E-state index in [1.54, 1.807) is 0 Å². The van der Waals surface area contributed by atoms with Gasteiger partial charge in [-0.25, -0.2) is 4.68 Å². The Balaban J connectivity index is 1.94. The summed E-state index contributed by atoms with van der Waals surface area (Å²) in [6.45, 7) is 3.23. The number of nitrogens with zero attached hydrogens (tertiary/aromatic N) is 1. The molecule has 2 aliphatic heterocycles. The minimum Gasteiger partial charge on any atom is -0.375 e. The summed E-state index contributed by atoms with van der Waals surface area (Å²) in [6, 6.07) is 0.333. The first kappa shape index (κ1) is 10.1. The van der Waals surface area contributed by atoms with Crippen LogP contribution < -0.4 is 10.9 Å². The van der Waals surface area contributed by atoms with E-state index in [0.717, 1.165) is 43.6 Å². The molecule has 16 heavy (non-hydrogen) atoms. The van der Waals surface area contributed by atoms with Gasteiger partial charge in [-0.2, -0.15) is 0 Å². The van der Waals surface area contributed by atoms with Crippen molar-refractivity contribution in [1.29, 1.82) is 0 Å². The summed E-state index contributed by atoms with van der Waals surface area (Å²) in [5.41, 5.74) is 2.09. The second-order valence-electron chi connectivity index (χ2n) is 4.53. The topological polar surface area (TPSA) is 59.0 Å². The summed E-state index contributed by atoms with van der Waals surface area (Å²) in [5, 5.41) is 6.53. The van der Waals surface area contributed by atoms with Crippen LogP contribution in [0.15, 0.2) is 4.79 Å².